The third-order valence-electron chi connectivity index (χ3n) is 4.77. The maximum Gasteiger partial charge on any atom is 0.335 e. The number of benzene rings is 2. The van der Waals surface area contributed by atoms with E-state index in [4.69, 9.17) is 14.7 Å². The normalized spacial score (nSPS) is 12.7. The summed E-state index contributed by atoms with van der Waals surface area (Å²) in [7, 11) is 1.81. The van der Waals surface area contributed by atoms with Gasteiger partial charge >= 0.3 is 5.97 Å². The van der Waals surface area contributed by atoms with Gasteiger partial charge in [0.2, 0.25) is 5.88 Å². The summed E-state index contributed by atoms with van der Waals surface area (Å²) in [6.07, 6.45) is 1.23. The lowest BCUT2D eigenvalue weighted by Gasteiger charge is -2.28. The molecule has 0 aliphatic heterocycles. The van der Waals surface area contributed by atoms with Crippen LogP contribution in [0.2, 0.25) is 0 Å². The van der Waals surface area contributed by atoms with Gasteiger partial charge in [0, 0.05) is 12.5 Å². The molecular weight excluding hydrogens is 394 g/mol. The quantitative estimate of drug-likeness (QED) is 0.410. The SMILES string of the molecule is Cc1nn(C)c(Oc2ccccc2)c1C=NOC(c1ccc(C(=O)O)cc1)C(C)(C)C. The van der Waals surface area contributed by atoms with Crippen molar-refractivity contribution in [2.75, 3.05) is 0 Å². The third-order valence-corrected chi connectivity index (χ3v) is 4.77. The van der Waals surface area contributed by atoms with Crippen molar-refractivity contribution in [1.82, 2.24) is 9.78 Å². The average molecular weight is 421 g/mol. The first-order valence-electron chi connectivity index (χ1n) is 9.95. The molecule has 0 bridgehead atoms. The Labute approximate surface area is 181 Å². The van der Waals surface area contributed by atoms with E-state index in [0.717, 1.165) is 16.8 Å². The lowest BCUT2D eigenvalue weighted by Crippen LogP contribution is -2.20. The van der Waals surface area contributed by atoms with Gasteiger partial charge in [-0.1, -0.05) is 56.3 Å². The molecule has 7 heteroatoms. The van der Waals surface area contributed by atoms with Crippen LogP contribution in [-0.2, 0) is 11.9 Å². The predicted molar refractivity (Wildman–Crippen MR) is 119 cm³/mol. The number of hydrogen-bond donors (Lipinski definition) is 1. The molecule has 1 N–H and O–H groups in total. The molecular formula is C24H27N3O4. The molecule has 0 saturated heterocycles. The van der Waals surface area contributed by atoms with Crippen LogP contribution in [0.4, 0.5) is 0 Å². The standard InChI is InChI=1S/C24H27N3O4/c1-16-20(22(27(5)26-16)30-19-9-7-6-8-10-19)15-25-31-21(24(2,3)4)17-11-13-18(14-12-17)23(28)29/h6-15,21H,1-5H3,(H,28,29). The zero-order valence-electron chi connectivity index (χ0n) is 18.4. The minimum atomic E-state index is -0.962. The van der Waals surface area contributed by atoms with E-state index in [1.165, 1.54) is 0 Å². The number of rotatable bonds is 7. The fraction of sp³-hybridized carbons (Fsp3) is 0.292. The molecule has 0 spiro atoms. The van der Waals surface area contributed by atoms with Gasteiger partial charge < -0.3 is 14.7 Å². The van der Waals surface area contributed by atoms with Gasteiger partial charge in [-0.3, -0.25) is 0 Å². The van der Waals surface area contributed by atoms with Crippen LogP contribution >= 0.6 is 0 Å². The summed E-state index contributed by atoms with van der Waals surface area (Å²) in [5, 5.41) is 17.8. The van der Waals surface area contributed by atoms with Gasteiger partial charge in [0.15, 0.2) is 6.10 Å². The zero-order valence-corrected chi connectivity index (χ0v) is 18.4. The highest BCUT2D eigenvalue weighted by molar-refractivity contribution is 5.87. The summed E-state index contributed by atoms with van der Waals surface area (Å²) in [4.78, 5) is 17.0. The van der Waals surface area contributed by atoms with Crippen LogP contribution in [0.25, 0.3) is 0 Å². The first-order chi connectivity index (χ1) is 14.7. The predicted octanol–water partition coefficient (Wildman–Crippen LogP) is 5.36. The minimum Gasteiger partial charge on any atom is -0.478 e. The number of para-hydroxylation sites is 1. The highest BCUT2D eigenvalue weighted by Gasteiger charge is 2.29. The van der Waals surface area contributed by atoms with E-state index >= 15 is 0 Å². The molecule has 0 radical (unpaired) electrons. The van der Waals surface area contributed by atoms with Crippen LogP contribution in [0.1, 0.15) is 54.1 Å². The monoisotopic (exact) mass is 421 g/mol. The number of aryl methyl sites for hydroxylation is 2. The Balaban J connectivity index is 1.84. The van der Waals surface area contributed by atoms with Gasteiger partial charge in [-0.25, -0.2) is 9.48 Å². The van der Waals surface area contributed by atoms with Gasteiger partial charge in [0.05, 0.1) is 23.0 Å². The summed E-state index contributed by atoms with van der Waals surface area (Å²) in [5.41, 5.74) is 2.29. The van der Waals surface area contributed by atoms with E-state index in [9.17, 15) is 4.79 Å². The Hall–Kier alpha value is -3.61. The van der Waals surface area contributed by atoms with Crippen molar-refractivity contribution in [3.63, 3.8) is 0 Å². The van der Waals surface area contributed by atoms with Crippen molar-refractivity contribution in [1.29, 1.82) is 0 Å². The third kappa shape index (κ3) is 5.31. The highest BCUT2D eigenvalue weighted by atomic mass is 16.6. The van der Waals surface area contributed by atoms with Gasteiger partial charge in [0.25, 0.3) is 0 Å². The van der Waals surface area contributed by atoms with E-state index in [1.54, 1.807) is 35.2 Å². The van der Waals surface area contributed by atoms with Crippen molar-refractivity contribution in [2.45, 2.75) is 33.8 Å². The number of aromatic nitrogens is 2. The van der Waals surface area contributed by atoms with Crippen LogP contribution in [0.15, 0.2) is 59.8 Å². The number of hydrogen-bond acceptors (Lipinski definition) is 5. The van der Waals surface area contributed by atoms with Crippen molar-refractivity contribution in [2.24, 2.45) is 17.6 Å². The second-order valence-electron chi connectivity index (χ2n) is 8.36. The van der Waals surface area contributed by atoms with E-state index in [0.29, 0.717) is 11.6 Å². The molecule has 162 valence electrons. The second kappa shape index (κ2) is 9.04. The van der Waals surface area contributed by atoms with Crippen molar-refractivity contribution < 1.29 is 19.5 Å². The van der Waals surface area contributed by atoms with Crippen LogP contribution in [0, 0.1) is 12.3 Å². The molecule has 31 heavy (non-hydrogen) atoms. The largest absolute Gasteiger partial charge is 0.478 e. The number of nitrogens with zero attached hydrogens (tertiary/aromatic N) is 3. The Morgan fingerprint density at radius 3 is 2.35 bits per heavy atom. The van der Waals surface area contributed by atoms with E-state index in [2.05, 4.69) is 10.3 Å². The Morgan fingerprint density at radius 2 is 1.77 bits per heavy atom. The van der Waals surface area contributed by atoms with E-state index in [1.807, 2.05) is 65.1 Å². The minimum absolute atomic E-state index is 0.230. The summed E-state index contributed by atoms with van der Waals surface area (Å²) < 4.78 is 7.67. The zero-order chi connectivity index (χ0) is 22.6. The summed E-state index contributed by atoms with van der Waals surface area (Å²) in [6, 6.07) is 16.1. The lowest BCUT2D eigenvalue weighted by molar-refractivity contribution is -0.0162. The molecule has 3 aromatic rings. The van der Waals surface area contributed by atoms with Crippen LogP contribution in [0.3, 0.4) is 0 Å². The second-order valence-corrected chi connectivity index (χ2v) is 8.36. The van der Waals surface area contributed by atoms with Crippen LogP contribution in [-0.4, -0.2) is 27.1 Å². The molecule has 3 rings (SSSR count). The first-order valence-corrected chi connectivity index (χ1v) is 9.95. The Morgan fingerprint density at radius 1 is 1.13 bits per heavy atom. The number of carbonyl (C=O) groups is 1. The fourth-order valence-electron chi connectivity index (χ4n) is 3.19. The summed E-state index contributed by atoms with van der Waals surface area (Å²) in [6.45, 7) is 8.00. The number of carboxylic acid groups (broad SMARTS) is 1. The van der Waals surface area contributed by atoms with Crippen molar-refractivity contribution in [3.8, 4) is 11.6 Å². The highest BCUT2D eigenvalue weighted by Crippen LogP contribution is 2.36. The Bertz CT molecular complexity index is 1060. The van der Waals surface area contributed by atoms with Crippen molar-refractivity contribution in [3.05, 3.63) is 77.0 Å². The molecule has 0 aliphatic carbocycles. The lowest BCUT2D eigenvalue weighted by atomic mass is 9.84. The molecule has 1 atom stereocenters. The van der Waals surface area contributed by atoms with E-state index < -0.39 is 5.97 Å². The average Bonchev–Trinajstić information content (AvgIpc) is 2.98. The Kier molecular flexibility index (Phi) is 6.44. The number of aromatic carboxylic acids is 1. The summed E-state index contributed by atoms with van der Waals surface area (Å²) in [5.74, 6) is 0.303. The smallest absolute Gasteiger partial charge is 0.335 e. The van der Waals surface area contributed by atoms with Gasteiger partial charge in [-0.15, -0.1) is 0 Å². The van der Waals surface area contributed by atoms with Crippen LogP contribution in [0.5, 0.6) is 11.6 Å². The maximum atomic E-state index is 11.1. The van der Waals surface area contributed by atoms with Gasteiger partial charge in [-0.2, -0.15) is 5.10 Å². The molecule has 0 fully saturated rings. The molecule has 0 saturated carbocycles. The fourth-order valence-corrected chi connectivity index (χ4v) is 3.19. The molecule has 7 nitrogen and oxygen atoms in total. The number of oxime groups is 1. The molecule has 0 amide bonds. The van der Waals surface area contributed by atoms with Gasteiger partial charge in [-0.05, 0) is 36.8 Å². The first kappa shape index (κ1) is 22.1. The topological polar surface area (TPSA) is 85.9 Å². The molecule has 0 aliphatic rings. The van der Waals surface area contributed by atoms with Gasteiger partial charge in [0.1, 0.15) is 5.75 Å². The maximum absolute atomic E-state index is 11.1. The van der Waals surface area contributed by atoms with E-state index in [-0.39, 0.29) is 17.1 Å². The molecule has 2 aromatic carbocycles. The molecule has 1 aromatic heterocycles. The number of ether oxygens (including phenoxy) is 1. The van der Waals surface area contributed by atoms with Crippen molar-refractivity contribution >= 4 is 12.2 Å². The molecule has 1 unspecified atom stereocenters. The van der Waals surface area contributed by atoms with Crippen LogP contribution < -0.4 is 4.74 Å². The number of carboxylic acids is 1. The molecule has 1 heterocycles. The summed E-state index contributed by atoms with van der Waals surface area (Å²) >= 11 is 0.